The number of thioether (sulfide) groups is 1. The van der Waals surface area contributed by atoms with Gasteiger partial charge in [-0.2, -0.15) is 0 Å². The van der Waals surface area contributed by atoms with E-state index in [4.69, 9.17) is 0 Å². The van der Waals surface area contributed by atoms with Gasteiger partial charge >= 0.3 is 5.69 Å². The second kappa shape index (κ2) is 6.24. The highest BCUT2D eigenvalue weighted by atomic mass is 32.2. The van der Waals surface area contributed by atoms with Crippen LogP contribution in [0.3, 0.4) is 0 Å². The highest BCUT2D eigenvalue weighted by Gasteiger charge is 2.18. The molecule has 0 aliphatic rings. The number of anilines is 1. The Balaban J connectivity index is 1.88. The molecule has 1 N–H and O–H groups in total. The van der Waals surface area contributed by atoms with Crippen molar-refractivity contribution >= 4 is 45.3 Å². The first kappa shape index (κ1) is 16.5. The summed E-state index contributed by atoms with van der Waals surface area (Å²) in [4.78, 5) is 44.5. The lowest BCUT2D eigenvalue weighted by Gasteiger charge is -2.03. The van der Waals surface area contributed by atoms with Crippen molar-refractivity contribution in [1.29, 1.82) is 0 Å². The van der Waals surface area contributed by atoms with Crippen LogP contribution in [0, 0.1) is 0 Å². The molecule has 3 rings (SSSR count). The monoisotopic (exact) mass is 366 g/mol. The molecule has 0 unspecified atom stereocenters. The van der Waals surface area contributed by atoms with Crippen LogP contribution in [0.25, 0.3) is 11.2 Å². The Labute approximate surface area is 144 Å². The molecular weight excluding hydrogens is 352 g/mol. The normalized spacial score (nSPS) is 11.1. The summed E-state index contributed by atoms with van der Waals surface area (Å²) in [5, 5.41) is 5.46. The number of rotatable bonds is 4. The average molecular weight is 366 g/mol. The van der Waals surface area contributed by atoms with E-state index in [1.54, 1.807) is 30.2 Å². The number of hydrogen-bond acceptors (Lipinski definition) is 7. The maximum atomic E-state index is 12.3. The largest absolute Gasteiger partial charge is 0.332 e. The molecule has 1 amide bonds. The van der Waals surface area contributed by atoms with Crippen LogP contribution in [-0.4, -0.2) is 35.3 Å². The Morgan fingerprint density at radius 3 is 2.67 bits per heavy atom. The van der Waals surface area contributed by atoms with Gasteiger partial charge in [0.25, 0.3) is 5.56 Å². The molecule has 3 aromatic rings. The molecule has 0 aliphatic heterocycles. The minimum absolute atomic E-state index is 0.116. The number of thiazole rings is 1. The summed E-state index contributed by atoms with van der Waals surface area (Å²) in [6.45, 7) is 0. The first-order valence-corrected chi connectivity index (χ1v) is 8.71. The number of imidazole rings is 1. The highest BCUT2D eigenvalue weighted by molar-refractivity contribution is 7.99. The van der Waals surface area contributed by atoms with Crippen LogP contribution in [0.5, 0.6) is 0 Å². The maximum absolute atomic E-state index is 12.3. The van der Waals surface area contributed by atoms with Crippen molar-refractivity contribution < 1.29 is 4.79 Å². The maximum Gasteiger partial charge on any atom is 0.332 e. The molecule has 24 heavy (non-hydrogen) atoms. The van der Waals surface area contributed by atoms with Crippen LogP contribution in [0.1, 0.15) is 0 Å². The molecule has 0 radical (unpaired) electrons. The SMILES string of the molecule is Cn1c(=O)c2c(nc(SCC(=O)Nc3nccs3)n2C)n(C)c1=O. The molecular formula is C13H14N6O3S2. The molecule has 0 aliphatic carbocycles. The number of nitrogens with one attached hydrogen (secondary N) is 1. The van der Waals surface area contributed by atoms with Crippen LogP contribution < -0.4 is 16.6 Å². The molecule has 0 atom stereocenters. The van der Waals surface area contributed by atoms with Gasteiger partial charge in [-0.15, -0.1) is 11.3 Å². The zero-order valence-corrected chi connectivity index (χ0v) is 14.8. The Hall–Kier alpha value is -2.40. The van der Waals surface area contributed by atoms with Gasteiger partial charge in [0.2, 0.25) is 5.91 Å². The van der Waals surface area contributed by atoms with E-state index in [0.717, 1.165) is 4.57 Å². The average Bonchev–Trinajstić information content (AvgIpc) is 3.17. The molecule has 0 saturated heterocycles. The van der Waals surface area contributed by atoms with Crippen molar-refractivity contribution in [3.8, 4) is 0 Å². The summed E-state index contributed by atoms with van der Waals surface area (Å²) in [6, 6.07) is 0. The highest BCUT2D eigenvalue weighted by Crippen LogP contribution is 2.20. The Morgan fingerprint density at radius 2 is 2.00 bits per heavy atom. The number of fused-ring (bicyclic) bond motifs is 1. The van der Waals surface area contributed by atoms with E-state index in [9.17, 15) is 14.4 Å². The van der Waals surface area contributed by atoms with E-state index in [-0.39, 0.29) is 11.7 Å². The number of hydrogen-bond donors (Lipinski definition) is 1. The summed E-state index contributed by atoms with van der Waals surface area (Å²) in [7, 11) is 4.66. The second-order valence-corrected chi connectivity index (χ2v) is 6.84. The Bertz CT molecular complexity index is 1030. The molecule has 0 bridgehead atoms. The van der Waals surface area contributed by atoms with Crippen molar-refractivity contribution in [2.45, 2.75) is 5.16 Å². The third-order valence-corrected chi connectivity index (χ3v) is 5.16. The van der Waals surface area contributed by atoms with Gasteiger partial charge in [0.15, 0.2) is 21.5 Å². The summed E-state index contributed by atoms with van der Waals surface area (Å²) >= 11 is 2.52. The second-order valence-electron chi connectivity index (χ2n) is 5.01. The first-order valence-electron chi connectivity index (χ1n) is 6.84. The van der Waals surface area contributed by atoms with Crippen molar-refractivity contribution in [2.75, 3.05) is 11.1 Å². The fraction of sp³-hybridized carbons (Fsp3) is 0.308. The minimum atomic E-state index is -0.441. The van der Waals surface area contributed by atoms with Crippen LogP contribution >= 0.6 is 23.1 Å². The summed E-state index contributed by atoms with van der Waals surface area (Å²) in [5.41, 5.74) is -0.235. The van der Waals surface area contributed by atoms with Crippen molar-refractivity contribution in [3.05, 3.63) is 32.4 Å². The van der Waals surface area contributed by atoms with E-state index >= 15 is 0 Å². The molecule has 0 spiro atoms. The smallest absolute Gasteiger partial charge is 0.316 e. The minimum Gasteiger partial charge on any atom is -0.316 e. The zero-order valence-electron chi connectivity index (χ0n) is 13.1. The lowest BCUT2D eigenvalue weighted by molar-refractivity contribution is -0.113. The summed E-state index contributed by atoms with van der Waals surface area (Å²) in [6.07, 6.45) is 1.61. The lowest BCUT2D eigenvalue weighted by atomic mass is 10.5. The van der Waals surface area contributed by atoms with Gasteiger partial charge in [-0.25, -0.2) is 14.8 Å². The van der Waals surface area contributed by atoms with E-state index in [1.165, 1.54) is 34.7 Å². The lowest BCUT2D eigenvalue weighted by Crippen LogP contribution is -2.37. The molecule has 126 valence electrons. The predicted molar refractivity (Wildman–Crippen MR) is 92.7 cm³/mol. The van der Waals surface area contributed by atoms with Gasteiger partial charge in [0.05, 0.1) is 5.75 Å². The summed E-state index contributed by atoms with van der Waals surface area (Å²) in [5.74, 6) is -0.103. The van der Waals surface area contributed by atoms with E-state index in [2.05, 4.69) is 15.3 Å². The molecule has 3 aromatic heterocycles. The molecule has 11 heteroatoms. The third-order valence-electron chi connectivity index (χ3n) is 3.45. The van der Waals surface area contributed by atoms with Gasteiger partial charge in [-0.1, -0.05) is 11.8 Å². The van der Waals surface area contributed by atoms with E-state index in [1.807, 2.05) is 0 Å². The topological polar surface area (TPSA) is 104 Å². The van der Waals surface area contributed by atoms with Gasteiger partial charge in [-0.05, 0) is 0 Å². The fourth-order valence-corrected chi connectivity index (χ4v) is 3.51. The van der Waals surface area contributed by atoms with Crippen molar-refractivity contribution in [3.63, 3.8) is 0 Å². The molecule has 3 heterocycles. The van der Waals surface area contributed by atoms with Crippen LogP contribution in [0.4, 0.5) is 5.13 Å². The van der Waals surface area contributed by atoms with Crippen LogP contribution in [0.2, 0.25) is 0 Å². The number of nitrogens with zero attached hydrogens (tertiary/aromatic N) is 5. The van der Waals surface area contributed by atoms with Gasteiger partial charge in [0.1, 0.15) is 0 Å². The third kappa shape index (κ3) is 2.76. The number of carbonyl (C=O) groups is 1. The van der Waals surface area contributed by atoms with Gasteiger partial charge < -0.3 is 9.88 Å². The predicted octanol–water partition coefficient (Wildman–Crippen LogP) is 0.158. The molecule has 0 fully saturated rings. The fourth-order valence-electron chi connectivity index (χ4n) is 2.20. The van der Waals surface area contributed by atoms with Gasteiger partial charge in [-0.3, -0.25) is 18.7 Å². The van der Waals surface area contributed by atoms with Crippen LogP contribution in [-0.2, 0) is 25.9 Å². The Kier molecular flexibility index (Phi) is 4.28. The molecule has 9 nitrogen and oxygen atoms in total. The van der Waals surface area contributed by atoms with E-state index < -0.39 is 11.2 Å². The Morgan fingerprint density at radius 1 is 1.25 bits per heavy atom. The molecule has 0 aromatic carbocycles. The zero-order chi connectivity index (χ0) is 17.4. The van der Waals surface area contributed by atoms with Gasteiger partial charge in [0, 0.05) is 32.7 Å². The van der Waals surface area contributed by atoms with Crippen molar-refractivity contribution in [1.82, 2.24) is 23.7 Å². The molecule has 0 saturated carbocycles. The quantitative estimate of drug-likeness (QED) is 0.660. The van der Waals surface area contributed by atoms with E-state index in [0.29, 0.717) is 21.5 Å². The number of aryl methyl sites for hydroxylation is 2. The van der Waals surface area contributed by atoms with Crippen LogP contribution in [0.15, 0.2) is 26.3 Å². The number of carbonyl (C=O) groups excluding carboxylic acids is 1. The first-order chi connectivity index (χ1) is 11.4. The van der Waals surface area contributed by atoms with Crippen molar-refractivity contribution in [2.24, 2.45) is 21.1 Å². The number of aromatic nitrogens is 5. The standard InChI is InChI=1S/C13H14N6O3S2/c1-17-8-9(18(2)13(22)19(3)10(8)21)16-12(17)24-6-7(20)15-11-14-4-5-23-11/h4-5H,6H2,1-3H3,(H,14,15,20). The number of amides is 1. The summed E-state index contributed by atoms with van der Waals surface area (Å²) < 4.78 is 3.95.